The van der Waals surface area contributed by atoms with Crippen LogP contribution in [0.25, 0.3) is 0 Å². The number of nitrogens with zero attached hydrogens (tertiary/aromatic N) is 4. The van der Waals surface area contributed by atoms with Crippen molar-refractivity contribution in [2.45, 2.75) is 46.6 Å². The quantitative estimate of drug-likeness (QED) is 0.593. The van der Waals surface area contributed by atoms with E-state index in [2.05, 4.69) is 12.0 Å². The Morgan fingerprint density at radius 1 is 1.30 bits per heavy atom. The van der Waals surface area contributed by atoms with Crippen molar-refractivity contribution < 1.29 is 9.72 Å². The van der Waals surface area contributed by atoms with E-state index in [9.17, 15) is 14.9 Å². The molecule has 0 spiro atoms. The van der Waals surface area contributed by atoms with Crippen LogP contribution in [0.2, 0.25) is 0 Å². The number of carbonyl (C=O) groups excluding carboxylic acids is 1. The van der Waals surface area contributed by atoms with Crippen molar-refractivity contribution in [2.75, 3.05) is 13.1 Å². The summed E-state index contributed by atoms with van der Waals surface area (Å²) >= 11 is 0. The first-order valence-corrected chi connectivity index (χ1v) is 9.47. The largest absolute Gasteiger partial charge is 0.338 e. The maximum absolute atomic E-state index is 12.7. The van der Waals surface area contributed by atoms with Crippen LogP contribution in [0.4, 0.5) is 5.69 Å². The van der Waals surface area contributed by atoms with Gasteiger partial charge in [0.05, 0.1) is 11.5 Å². The third kappa shape index (κ3) is 4.02. The molecule has 0 radical (unpaired) electrons. The minimum absolute atomic E-state index is 0.0670. The molecule has 1 aromatic carbocycles. The maximum Gasteiger partial charge on any atom is 0.312 e. The van der Waals surface area contributed by atoms with E-state index in [1.165, 1.54) is 6.42 Å². The highest BCUT2D eigenvalue weighted by atomic mass is 16.6. The molecule has 0 aliphatic carbocycles. The van der Waals surface area contributed by atoms with Gasteiger partial charge in [0.1, 0.15) is 11.4 Å². The molecule has 0 bridgehead atoms. The van der Waals surface area contributed by atoms with E-state index in [4.69, 9.17) is 0 Å². The minimum Gasteiger partial charge on any atom is -0.338 e. The molecule has 2 heterocycles. The van der Waals surface area contributed by atoms with Gasteiger partial charge in [0.15, 0.2) is 0 Å². The molecular weight excluding hydrogens is 344 g/mol. The van der Waals surface area contributed by atoms with Gasteiger partial charge in [-0.25, -0.2) is 0 Å². The van der Waals surface area contributed by atoms with E-state index in [0.29, 0.717) is 29.4 Å². The van der Waals surface area contributed by atoms with Crippen LogP contribution in [0.1, 0.15) is 53.5 Å². The van der Waals surface area contributed by atoms with Gasteiger partial charge in [-0.05, 0) is 50.3 Å². The molecule has 0 N–H and O–H groups in total. The van der Waals surface area contributed by atoms with Gasteiger partial charge in [-0.2, -0.15) is 5.10 Å². The minimum atomic E-state index is -0.391. The van der Waals surface area contributed by atoms with Crippen LogP contribution >= 0.6 is 0 Å². The molecule has 1 saturated heterocycles. The zero-order chi connectivity index (χ0) is 19.6. The Hall–Kier alpha value is -2.70. The molecule has 7 nitrogen and oxygen atoms in total. The van der Waals surface area contributed by atoms with Gasteiger partial charge in [0.25, 0.3) is 5.91 Å². The van der Waals surface area contributed by atoms with Crippen molar-refractivity contribution >= 4 is 11.6 Å². The lowest BCUT2D eigenvalue weighted by atomic mass is 9.95. The molecule has 27 heavy (non-hydrogen) atoms. The van der Waals surface area contributed by atoms with Gasteiger partial charge >= 0.3 is 5.69 Å². The molecule has 1 unspecified atom stereocenters. The first-order chi connectivity index (χ1) is 12.9. The first kappa shape index (κ1) is 19.1. The van der Waals surface area contributed by atoms with Crippen molar-refractivity contribution in [1.82, 2.24) is 14.7 Å². The summed E-state index contributed by atoms with van der Waals surface area (Å²) < 4.78 is 1.64. The van der Waals surface area contributed by atoms with Crippen LogP contribution in [-0.2, 0) is 6.54 Å². The van der Waals surface area contributed by atoms with Crippen LogP contribution in [0, 0.1) is 29.9 Å². The summed E-state index contributed by atoms with van der Waals surface area (Å²) in [6.07, 6.45) is 3.38. The lowest BCUT2D eigenvalue weighted by molar-refractivity contribution is -0.386. The Labute approximate surface area is 159 Å². The summed E-state index contributed by atoms with van der Waals surface area (Å²) in [5.41, 5.74) is 2.67. The highest BCUT2D eigenvalue weighted by Gasteiger charge is 2.24. The third-order valence-corrected chi connectivity index (χ3v) is 5.44. The fourth-order valence-electron chi connectivity index (χ4n) is 3.80. The molecule has 1 amide bonds. The van der Waals surface area contributed by atoms with Crippen molar-refractivity contribution in [3.05, 3.63) is 56.9 Å². The van der Waals surface area contributed by atoms with E-state index in [-0.39, 0.29) is 11.6 Å². The third-order valence-electron chi connectivity index (χ3n) is 5.44. The SMILES string of the molecule is CCC1CCCN(C(=O)c2ccc(Cn3nc(C)c([N+](=O)[O-])c3C)cc2)C1. The highest BCUT2D eigenvalue weighted by Crippen LogP contribution is 2.23. The van der Waals surface area contributed by atoms with Crippen LogP contribution in [-0.4, -0.2) is 38.6 Å². The summed E-state index contributed by atoms with van der Waals surface area (Å²) in [5, 5.41) is 15.4. The van der Waals surface area contributed by atoms with Crippen LogP contribution in [0.15, 0.2) is 24.3 Å². The van der Waals surface area contributed by atoms with Crippen molar-refractivity contribution in [3.8, 4) is 0 Å². The second kappa shape index (κ2) is 7.90. The Morgan fingerprint density at radius 3 is 2.59 bits per heavy atom. The number of likely N-dealkylation sites (tertiary alicyclic amines) is 1. The summed E-state index contributed by atoms with van der Waals surface area (Å²) in [7, 11) is 0. The Balaban J connectivity index is 1.71. The number of aromatic nitrogens is 2. The van der Waals surface area contributed by atoms with Crippen LogP contribution < -0.4 is 0 Å². The lowest BCUT2D eigenvalue weighted by Gasteiger charge is -2.32. The summed E-state index contributed by atoms with van der Waals surface area (Å²) in [4.78, 5) is 25.4. The van der Waals surface area contributed by atoms with Crippen molar-refractivity contribution in [1.29, 1.82) is 0 Å². The summed E-state index contributed by atoms with van der Waals surface area (Å²) in [6, 6.07) is 7.48. The molecule has 1 aliphatic rings. The molecule has 1 aromatic heterocycles. The van der Waals surface area contributed by atoms with E-state index >= 15 is 0 Å². The fourth-order valence-corrected chi connectivity index (χ4v) is 3.80. The van der Waals surface area contributed by atoms with Crippen LogP contribution in [0.3, 0.4) is 0 Å². The van der Waals surface area contributed by atoms with Gasteiger partial charge in [-0.1, -0.05) is 25.5 Å². The molecule has 144 valence electrons. The smallest absolute Gasteiger partial charge is 0.312 e. The summed E-state index contributed by atoms with van der Waals surface area (Å²) in [5.74, 6) is 0.685. The molecule has 7 heteroatoms. The number of nitro groups is 1. The first-order valence-electron chi connectivity index (χ1n) is 9.47. The average molecular weight is 370 g/mol. The Bertz CT molecular complexity index is 842. The number of hydrogen-bond donors (Lipinski definition) is 0. The second-order valence-electron chi connectivity index (χ2n) is 7.30. The zero-order valence-corrected chi connectivity index (χ0v) is 16.1. The maximum atomic E-state index is 12.7. The predicted molar refractivity (Wildman–Crippen MR) is 103 cm³/mol. The van der Waals surface area contributed by atoms with Crippen molar-refractivity contribution in [2.24, 2.45) is 5.92 Å². The highest BCUT2D eigenvalue weighted by molar-refractivity contribution is 5.94. The molecule has 0 saturated carbocycles. The number of piperidine rings is 1. The second-order valence-corrected chi connectivity index (χ2v) is 7.30. The van der Waals surface area contributed by atoms with Gasteiger partial charge in [0, 0.05) is 18.7 Å². The number of rotatable bonds is 5. The standard InChI is InChI=1S/C20H26N4O3/c1-4-16-6-5-11-22(12-16)20(25)18-9-7-17(8-10-18)13-23-15(3)19(24(26)27)14(2)21-23/h7-10,16H,4-6,11-13H2,1-3H3. The molecule has 1 aliphatic heterocycles. The molecular formula is C20H26N4O3. The van der Waals surface area contributed by atoms with E-state index in [1.807, 2.05) is 29.2 Å². The monoisotopic (exact) mass is 370 g/mol. The Morgan fingerprint density at radius 2 is 2.00 bits per heavy atom. The normalized spacial score (nSPS) is 17.1. The average Bonchev–Trinajstić information content (AvgIpc) is 2.95. The number of carbonyl (C=O) groups is 1. The topological polar surface area (TPSA) is 81.3 Å². The molecule has 2 aromatic rings. The zero-order valence-electron chi connectivity index (χ0n) is 16.1. The lowest BCUT2D eigenvalue weighted by Crippen LogP contribution is -2.39. The fraction of sp³-hybridized carbons (Fsp3) is 0.500. The number of benzene rings is 1. The molecule has 1 fully saturated rings. The van der Waals surface area contributed by atoms with Gasteiger partial charge in [-0.15, -0.1) is 0 Å². The Kier molecular flexibility index (Phi) is 5.58. The number of aryl methyl sites for hydroxylation is 1. The molecule has 3 rings (SSSR count). The number of hydrogen-bond acceptors (Lipinski definition) is 4. The predicted octanol–water partition coefficient (Wildman–Crippen LogP) is 3.72. The van der Waals surface area contributed by atoms with Gasteiger partial charge < -0.3 is 4.90 Å². The van der Waals surface area contributed by atoms with Gasteiger partial charge in [-0.3, -0.25) is 19.6 Å². The van der Waals surface area contributed by atoms with E-state index in [0.717, 1.165) is 31.5 Å². The van der Waals surface area contributed by atoms with Crippen LogP contribution in [0.5, 0.6) is 0 Å². The number of amides is 1. The summed E-state index contributed by atoms with van der Waals surface area (Å²) in [6.45, 7) is 7.63. The van der Waals surface area contributed by atoms with Gasteiger partial charge in [0.2, 0.25) is 0 Å². The molecule has 1 atom stereocenters. The van der Waals surface area contributed by atoms with E-state index in [1.54, 1.807) is 18.5 Å². The van der Waals surface area contributed by atoms with Crippen molar-refractivity contribution in [3.63, 3.8) is 0 Å². The van der Waals surface area contributed by atoms with E-state index < -0.39 is 4.92 Å².